The van der Waals surface area contributed by atoms with E-state index < -0.39 is 17.7 Å². The fraction of sp³-hybridized carbons (Fsp3) is 0.406. The minimum absolute atomic E-state index is 0.00713. The van der Waals surface area contributed by atoms with Crippen molar-refractivity contribution in [1.29, 1.82) is 0 Å². The van der Waals surface area contributed by atoms with Crippen LogP contribution in [0.3, 0.4) is 0 Å². The number of aromatic nitrogens is 1. The highest BCUT2D eigenvalue weighted by atomic mass is 32.2. The first-order valence-corrected chi connectivity index (χ1v) is 14.1. The molecule has 0 radical (unpaired) electrons. The Morgan fingerprint density at radius 2 is 1.54 bits per heavy atom. The van der Waals surface area contributed by atoms with Crippen LogP contribution in [0.2, 0.25) is 0 Å². The molecule has 0 spiro atoms. The van der Waals surface area contributed by atoms with Crippen molar-refractivity contribution in [2.45, 2.75) is 84.6 Å². The number of hydrogen-bond acceptors (Lipinski definition) is 5. The standard InChI is InChI=1S/C32H40N2O4S/c1-20-9-11-22(12-10-20)28-25(18-33-30(37)38-32(6,7)8)27(17-31(3,4)5)34-21(2)26(28)19-39-24-15-13-23(14-16-24)29(35)36/h9-16H,17-19H2,1-8H3,(H,33,37)(H,35,36). The summed E-state index contributed by atoms with van der Waals surface area (Å²) < 4.78 is 5.53. The average Bonchev–Trinajstić information content (AvgIpc) is 2.81. The molecule has 0 aliphatic rings. The van der Waals surface area contributed by atoms with E-state index >= 15 is 0 Å². The maximum absolute atomic E-state index is 12.7. The van der Waals surface area contributed by atoms with Crippen molar-refractivity contribution >= 4 is 23.8 Å². The van der Waals surface area contributed by atoms with Crippen molar-refractivity contribution < 1.29 is 19.4 Å². The fourth-order valence-electron chi connectivity index (χ4n) is 4.25. The molecule has 3 rings (SSSR count). The van der Waals surface area contributed by atoms with E-state index in [9.17, 15) is 14.7 Å². The molecule has 1 heterocycles. The Bertz CT molecular complexity index is 1320. The highest BCUT2D eigenvalue weighted by molar-refractivity contribution is 7.98. The Labute approximate surface area is 236 Å². The van der Waals surface area contributed by atoms with Crippen LogP contribution < -0.4 is 5.32 Å². The molecule has 0 bridgehead atoms. The van der Waals surface area contributed by atoms with E-state index in [0.29, 0.717) is 12.3 Å². The number of nitrogens with one attached hydrogen (secondary N) is 1. The summed E-state index contributed by atoms with van der Waals surface area (Å²) in [6.45, 7) is 16.5. The molecule has 1 amide bonds. The van der Waals surface area contributed by atoms with Gasteiger partial charge in [0.2, 0.25) is 0 Å². The minimum Gasteiger partial charge on any atom is -0.478 e. The molecule has 2 aromatic carbocycles. The van der Waals surface area contributed by atoms with Gasteiger partial charge in [0.1, 0.15) is 5.60 Å². The van der Waals surface area contributed by atoms with Crippen molar-refractivity contribution in [1.82, 2.24) is 10.3 Å². The largest absolute Gasteiger partial charge is 0.478 e. The van der Waals surface area contributed by atoms with Gasteiger partial charge in [-0.15, -0.1) is 11.8 Å². The van der Waals surface area contributed by atoms with Crippen LogP contribution in [-0.2, 0) is 23.5 Å². The Kier molecular flexibility index (Phi) is 9.49. The molecule has 1 aromatic heterocycles. The lowest BCUT2D eigenvalue weighted by atomic mass is 9.85. The second-order valence-electron chi connectivity index (χ2n) is 12.1. The zero-order valence-corrected chi connectivity index (χ0v) is 25.1. The number of carbonyl (C=O) groups is 2. The van der Waals surface area contributed by atoms with E-state index in [1.165, 1.54) is 5.56 Å². The summed E-state index contributed by atoms with van der Waals surface area (Å²) in [4.78, 5) is 30.0. The summed E-state index contributed by atoms with van der Waals surface area (Å²) >= 11 is 1.64. The summed E-state index contributed by atoms with van der Waals surface area (Å²) in [5.74, 6) is -0.297. The number of nitrogens with zero attached hydrogens (tertiary/aromatic N) is 1. The molecule has 7 heteroatoms. The lowest BCUT2D eigenvalue weighted by Gasteiger charge is -2.26. The van der Waals surface area contributed by atoms with Gasteiger partial charge in [0, 0.05) is 34.1 Å². The number of amides is 1. The van der Waals surface area contributed by atoms with Gasteiger partial charge in [0.15, 0.2) is 0 Å². The van der Waals surface area contributed by atoms with Crippen LogP contribution in [0.1, 0.15) is 80.0 Å². The van der Waals surface area contributed by atoms with Crippen LogP contribution in [0, 0.1) is 19.3 Å². The van der Waals surface area contributed by atoms with Gasteiger partial charge in [-0.3, -0.25) is 4.98 Å². The number of alkyl carbamates (subject to hydrolysis) is 1. The minimum atomic E-state index is -0.940. The monoisotopic (exact) mass is 548 g/mol. The van der Waals surface area contributed by atoms with Crippen LogP contribution in [0.4, 0.5) is 4.79 Å². The van der Waals surface area contributed by atoms with Gasteiger partial charge in [-0.2, -0.15) is 0 Å². The fourth-order valence-corrected chi connectivity index (χ4v) is 5.25. The van der Waals surface area contributed by atoms with Crippen LogP contribution in [0.15, 0.2) is 53.4 Å². The molecule has 6 nitrogen and oxygen atoms in total. The number of carbonyl (C=O) groups excluding carboxylic acids is 1. The van der Waals surface area contributed by atoms with Gasteiger partial charge in [0.25, 0.3) is 0 Å². The number of hydrogen-bond donors (Lipinski definition) is 2. The van der Waals surface area contributed by atoms with Crippen LogP contribution in [0.25, 0.3) is 11.1 Å². The number of thioether (sulfide) groups is 1. The average molecular weight is 549 g/mol. The van der Waals surface area contributed by atoms with Crippen LogP contribution in [-0.4, -0.2) is 27.8 Å². The van der Waals surface area contributed by atoms with E-state index in [4.69, 9.17) is 9.72 Å². The van der Waals surface area contributed by atoms with E-state index in [1.54, 1.807) is 23.9 Å². The van der Waals surface area contributed by atoms with Crippen molar-refractivity contribution in [3.63, 3.8) is 0 Å². The third-order valence-electron chi connectivity index (χ3n) is 6.02. The number of ether oxygens (including phenoxy) is 1. The highest BCUT2D eigenvalue weighted by Gasteiger charge is 2.24. The summed E-state index contributed by atoms with van der Waals surface area (Å²) in [6.07, 6.45) is 0.288. The Morgan fingerprint density at radius 1 is 0.923 bits per heavy atom. The zero-order valence-electron chi connectivity index (χ0n) is 24.3. The van der Waals surface area contributed by atoms with Crippen molar-refractivity contribution in [3.8, 4) is 11.1 Å². The molecule has 2 N–H and O–H groups in total. The number of aromatic carboxylic acids is 1. The third-order valence-corrected chi connectivity index (χ3v) is 7.06. The quantitative estimate of drug-likeness (QED) is 0.278. The summed E-state index contributed by atoms with van der Waals surface area (Å²) in [6, 6.07) is 15.4. The molecule has 0 saturated heterocycles. The van der Waals surface area contributed by atoms with Gasteiger partial charge in [-0.1, -0.05) is 50.6 Å². The number of aryl methyl sites for hydroxylation is 2. The molecule has 0 atom stereocenters. The van der Waals surface area contributed by atoms with E-state index in [0.717, 1.165) is 45.0 Å². The first kappa shape index (κ1) is 30.2. The maximum Gasteiger partial charge on any atom is 0.407 e. The second-order valence-corrected chi connectivity index (χ2v) is 13.1. The smallest absolute Gasteiger partial charge is 0.407 e. The maximum atomic E-state index is 12.7. The van der Waals surface area contributed by atoms with Gasteiger partial charge in [-0.25, -0.2) is 9.59 Å². The predicted molar refractivity (Wildman–Crippen MR) is 158 cm³/mol. The highest BCUT2D eigenvalue weighted by Crippen LogP contribution is 2.37. The Hall–Kier alpha value is -3.32. The van der Waals surface area contributed by atoms with E-state index in [1.807, 2.05) is 39.8 Å². The molecule has 0 aliphatic heterocycles. The first-order chi connectivity index (χ1) is 18.1. The SMILES string of the molecule is Cc1ccc(-c2c(CSc3ccc(C(=O)O)cc3)c(C)nc(CC(C)(C)C)c2CNC(=O)OC(C)(C)C)cc1. The molecule has 0 saturated carbocycles. The Morgan fingerprint density at radius 3 is 2.08 bits per heavy atom. The molecular weight excluding hydrogens is 508 g/mol. The first-order valence-electron chi connectivity index (χ1n) is 13.1. The van der Waals surface area contributed by atoms with Crippen molar-refractivity contribution in [3.05, 3.63) is 82.2 Å². The number of carboxylic acid groups (broad SMARTS) is 1. The number of pyridine rings is 1. The summed E-state index contributed by atoms with van der Waals surface area (Å²) in [7, 11) is 0. The number of benzene rings is 2. The molecule has 208 valence electrons. The number of rotatable bonds is 8. The van der Waals surface area contributed by atoms with Crippen LogP contribution >= 0.6 is 11.8 Å². The van der Waals surface area contributed by atoms with E-state index in [-0.39, 0.29) is 11.0 Å². The van der Waals surface area contributed by atoms with Crippen molar-refractivity contribution in [2.75, 3.05) is 0 Å². The molecule has 0 fully saturated rings. The van der Waals surface area contributed by atoms with Gasteiger partial charge < -0.3 is 15.2 Å². The third kappa shape index (κ3) is 8.85. The second kappa shape index (κ2) is 12.2. The molecule has 39 heavy (non-hydrogen) atoms. The summed E-state index contributed by atoms with van der Waals surface area (Å²) in [5.41, 5.74) is 6.96. The topological polar surface area (TPSA) is 88.5 Å². The van der Waals surface area contributed by atoms with Crippen LogP contribution in [0.5, 0.6) is 0 Å². The number of carboxylic acids is 1. The molecule has 0 unspecified atom stereocenters. The lowest BCUT2D eigenvalue weighted by Crippen LogP contribution is -2.33. The Balaban J connectivity index is 2.11. The van der Waals surface area contributed by atoms with Gasteiger partial charge in [0.05, 0.1) is 5.56 Å². The predicted octanol–water partition coefficient (Wildman–Crippen LogP) is 7.97. The molecule has 0 aliphatic carbocycles. The lowest BCUT2D eigenvalue weighted by molar-refractivity contribution is 0.0523. The van der Waals surface area contributed by atoms with Crippen molar-refractivity contribution in [2.24, 2.45) is 5.41 Å². The van der Waals surface area contributed by atoms with E-state index in [2.05, 4.69) is 57.3 Å². The zero-order chi connectivity index (χ0) is 29.0. The normalized spacial score (nSPS) is 11.8. The van der Waals surface area contributed by atoms with Gasteiger partial charge in [-0.05, 0) is 87.4 Å². The summed E-state index contributed by atoms with van der Waals surface area (Å²) in [5, 5.41) is 12.2. The molecular formula is C32H40N2O4S. The van der Waals surface area contributed by atoms with Gasteiger partial charge >= 0.3 is 12.1 Å². The molecule has 3 aromatic rings.